The Labute approximate surface area is 167 Å². The van der Waals surface area contributed by atoms with E-state index in [4.69, 9.17) is 11.6 Å². The van der Waals surface area contributed by atoms with Crippen molar-refractivity contribution in [1.82, 2.24) is 25.5 Å². The molecule has 0 atom stereocenters. The zero-order valence-electron chi connectivity index (χ0n) is 15.3. The van der Waals surface area contributed by atoms with E-state index in [9.17, 15) is 4.79 Å². The molecule has 9 heteroatoms. The molecule has 0 saturated carbocycles. The van der Waals surface area contributed by atoms with Gasteiger partial charge in [-0.3, -0.25) is 4.79 Å². The van der Waals surface area contributed by atoms with Crippen LogP contribution in [0.4, 0.5) is 17.5 Å². The molecule has 144 valence electrons. The fourth-order valence-corrected chi connectivity index (χ4v) is 2.68. The van der Waals surface area contributed by atoms with E-state index in [1.807, 2.05) is 24.3 Å². The standard InChI is InChI=1S/C19H20ClN7O/c1-13(28)21-8-3-9-22-18-16(6-11-24-27-18)17-7-10-23-19(26-17)25-15-5-2-4-14(20)12-15/h2,4-7,10-12H,3,8-9H2,1H3,(H,21,28)(H,22,27)(H,23,25,26). The van der Waals surface area contributed by atoms with E-state index in [-0.39, 0.29) is 5.91 Å². The first kappa shape index (κ1) is 19.5. The highest BCUT2D eigenvalue weighted by Gasteiger charge is 2.09. The van der Waals surface area contributed by atoms with Gasteiger partial charge in [-0.05, 0) is 36.8 Å². The Balaban J connectivity index is 1.72. The number of hydrogen-bond donors (Lipinski definition) is 3. The molecule has 2 aromatic heterocycles. The van der Waals surface area contributed by atoms with E-state index in [0.29, 0.717) is 35.6 Å². The number of anilines is 3. The van der Waals surface area contributed by atoms with Gasteiger partial charge in [0.05, 0.1) is 11.9 Å². The summed E-state index contributed by atoms with van der Waals surface area (Å²) in [5.74, 6) is 1.03. The minimum atomic E-state index is -0.0408. The van der Waals surface area contributed by atoms with E-state index in [0.717, 1.165) is 17.7 Å². The number of nitrogens with zero attached hydrogens (tertiary/aromatic N) is 4. The monoisotopic (exact) mass is 397 g/mol. The van der Waals surface area contributed by atoms with Crippen LogP contribution in [0.15, 0.2) is 48.8 Å². The highest BCUT2D eigenvalue weighted by molar-refractivity contribution is 6.30. The first-order valence-electron chi connectivity index (χ1n) is 8.78. The van der Waals surface area contributed by atoms with Crippen LogP contribution in [0.2, 0.25) is 5.02 Å². The fraction of sp³-hybridized carbons (Fsp3) is 0.211. The Kier molecular flexibility index (Phi) is 6.69. The van der Waals surface area contributed by atoms with Gasteiger partial charge in [-0.15, -0.1) is 5.10 Å². The second kappa shape index (κ2) is 9.61. The lowest BCUT2D eigenvalue weighted by molar-refractivity contribution is -0.118. The van der Waals surface area contributed by atoms with Crippen molar-refractivity contribution in [2.75, 3.05) is 23.7 Å². The number of nitrogens with one attached hydrogen (secondary N) is 3. The first-order chi connectivity index (χ1) is 13.6. The predicted octanol–water partition coefficient (Wildman–Crippen LogP) is 3.27. The molecule has 8 nitrogen and oxygen atoms in total. The summed E-state index contributed by atoms with van der Waals surface area (Å²) in [5.41, 5.74) is 2.32. The molecule has 0 unspecified atom stereocenters. The highest BCUT2D eigenvalue weighted by atomic mass is 35.5. The molecule has 1 amide bonds. The van der Waals surface area contributed by atoms with Gasteiger partial charge in [0.1, 0.15) is 0 Å². The number of amides is 1. The first-order valence-corrected chi connectivity index (χ1v) is 9.15. The maximum atomic E-state index is 10.9. The lowest BCUT2D eigenvalue weighted by atomic mass is 10.2. The molecular weight excluding hydrogens is 378 g/mol. The maximum absolute atomic E-state index is 10.9. The fourth-order valence-electron chi connectivity index (χ4n) is 2.49. The molecule has 0 aliphatic heterocycles. The zero-order valence-corrected chi connectivity index (χ0v) is 16.1. The molecule has 0 aliphatic carbocycles. The predicted molar refractivity (Wildman–Crippen MR) is 110 cm³/mol. The van der Waals surface area contributed by atoms with Gasteiger partial charge in [0.15, 0.2) is 5.82 Å². The summed E-state index contributed by atoms with van der Waals surface area (Å²) in [6.07, 6.45) is 4.06. The van der Waals surface area contributed by atoms with Crippen LogP contribution in [0.25, 0.3) is 11.3 Å². The largest absolute Gasteiger partial charge is 0.368 e. The third-order valence-electron chi connectivity index (χ3n) is 3.75. The van der Waals surface area contributed by atoms with Gasteiger partial charge in [-0.25, -0.2) is 9.97 Å². The maximum Gasteiger partial charge on any atom is 0.227 e. The van der Waals surface area contributed by atoms with Gasteiger partial charge in [-0.1, -0.05) is 17.7 Å². The number of aromatic nitrogens is 4. The summed E-state index contributed by atoms with van der Waals surface area (Å²) >= 11 is 6.02. The van der Waals surface area contributed by atoms with E-state index >= 15 is 0 Å². The van der Waals surface area contributed by atoms with Gasteiger partial charge in [0.25, 0.3) is 0 Å². The van der Waals surface area contributed by atoms with Gasteiger partial charge in [0.2, 0.25) is 11.9 Å². The summed E-state index contributed by atoms with van der Waals surface area (Å²) in [6, 6.07) is 11.0. The molecule has 0 radical (unpaired) electrons. The van der Waals surface area contributed by atoms with Crippen LogP contribution < -0.4 is 16.0 Å². The molecule has 0 bridgehead atoms. The number of carbonyl (C=O) groups excluding carboxylic acids is 1. The van der Waals surface area contributed by atoms with Crippen molar-refractivity contribution in [3.05, 3.63) is 53.8 Å². The van der Waals surface area contributed by atoms with Crippen molar-refractivity contribution in [2.24, 2.45) is 0 Å². The number of halogens is 1. The Morgan fingerprint density at radius 3 is 2.86 bits per heavy atom. The van der Waals surface area contributed by atoms with Crippen molar-refractivity contribution < 1.29 is 4.79 Å². The molecule has 1 aromatic carbocycles. The Bertz CT molecular complexity index is 951. The molecule has 0 fully saturated rings. The third-order valence-corrected chi connectivity index (χ3v) is 3.99. The van der Waals surface area contributed by atoms with Crippen LogP contribution in [-0.4, -0.2) is 39.2 Å². The molecule has 0 aliphatic rings. The van der Waals surface area contributed by atoms with Crippen LogP contribution in [0.1, 0.15) is 13.3 Å². The van der Waals surface area contributed by atoms with E-state index in [1.165, 1.54) is 6.92 Å². The minimum Gasteiger partial charge on any atom is -0.368 e. The van der Waals surface area contributed by atoms with Crippen molar-refractivity contribution in [2.45, 2.75) is 13.3 Å². The molecule has 3 N–H and O–H groups in total. The molecule has 2 heterocycles. The van der Waals surface area contributed by atoms with Gasteiger partial charge in [-0.2, -0.15) is 5.10 Å². The lowest BCUT2D eigenvalue weighted by Crippen LogP contribution is -2.22. The number of hydrogen-bond acceptors (Lipinski definition) is 7. The Morgan fingerprint density at radius 1 is 1.14 bits per heavy atom. The summed E-state index contributed by atoms with van der Waals surface area (Å²) in [6.45, 7) is 2.74. The van der Waals surface area contributed by atoms with Crippen LogP contribution in [0.3, 0.4) is 0 Å². The van der Waals surface area contributed by atoms with Crippen LogP contribution >= 0.6 is 11.6 Å². The minimum absolute atomic E-state index is 0.0408. The second-order valence-electron chi connectivity index (χ2n) is 5.96. The normalized spacial score (nSPS) is 10.4. The van der Waals surface area contributed by atoms with Crippen molar-refractivity contribution in [3.63, 3.8) is 0 Å². The number of rotatable bonds is 8. The van der Waals surface area contributed by atoms with E-state index in [2.05, 4.69) is 36.1 Å². The summed E-state index contributed by atoms with van der Waals surface area (Å²) in [5, 5.41) is 17.9. The highest BCUT2D eigenvalue weighted by Crippen LogP contribution is 2.25. The average molecular weight is 398 g/mol. The molecular formula is C19H20ClN7O. The second-order valence-corrected chi connectivity index (χ2v) is 6.39. The van der Waals surface area contributed by atoms with Crippen molar-refractivity contribution >= 4 is 35.0 Å². The van der Waals surface area contributed by atoms with E-state index in [1.54, 1.807) is 24.5 Å². The summed E-state index contributed by atoms with van der Waals surface area (Å²) in [7, 11) is 0. The lowest BCUT2D eigenvalue weighted by Gasteiger charge is -2.11. The quantitative estimate of drug-likeness (QED) is 0.501. The molecule has 28 heavy (non-hydrogen) atoms. The number of benzene rings is 1. The molecule has 0 saturated heterocycles. The van der Waals surface area contributed by atoms with Crippen molar-refractivity contribution in [1.29, 1.82) is 0 Å². The smallest absolute Gasteiger partial charge is 0.227 e. The molecule has 0 spiro atoms. The van der Waals surface area contributed by atoms with Crippen LogP contribution in [-0.2, 0) is 4.79 Å². The topological polar surface area (TPSA) is 105 Å². The van der Waals surface area contributed by atoms with Gasteiger partial charge >= 0.3 is 0 Å². The van der Waals surface area contributed by atoms with E-state index < -0.39 is 0 Å². The number of carbonyl (C=O) groups is 1. The third kappa shape index (κ3) is 5.62. The van der Waals surface area contributed by atoms with Gasteiger partial charge < -0.3 is 16.0 Å². The molecule has 3 aromatic rings. The van der Waals surface area contributed by atoms with Crippen LogP contribution in [0.5, 0.6) is 0 Å². The average Bonchev–Trinajstić information content (AvgIpc) is 2.68. The van der Waals surface area contributed by atoms with Crippen LogP contribution in [0, 0.1) is 0 Å². The SMILES string of the molecule is CC(=O)NCCCNc1nnccc1-c1ccnc(Nc2cccc(Cl)c2)n1. The summed E-state index contributed by atoms with van der Waals surface area (Å²) in [4.78, 5) is 19.7. The van der Waals surface area contributed by atoms with Gasteiger partial charge in [0, 0.05) is 42.5 Å². The Morgan fingerprint density at radius 2 is 2.04 bits per heavy atom. The van der Waals surface area contributed by atoms with Crippen molar-refractivity contribution in [3.8, 4) is 11.3 Å². The Hall–Kier alpha value is -3.26. The summed E-state index contributed by atoms with van der Waals surface area (Å²) < 4.78 is 0. The zero-order chi connectivity index (χ0) is 19.8. The molecule has 3 rings (SSSR count).